The average Bonchev–Trinajstić information content (AvgIpc) is 2.39. The average molecular weight is 284 g/mol. The van der Waals surface area contributed by atoms with E-state index in [9.17, 15) is 0 Å². The maximum atomic E-state index is 6.00. The van der Waals surface area contributed by atoms with Crippen LogP contribution in [0, 0.1) is 0 Å². The molecule has 0 spiro atoms. The molecule has 0 saturated heterocycles. The van der Waals surface area contributed by atoms with Crippen LogP contribution in [-0.4, -0.2) is 31.2 Å². The van der Waals surface area contributed by atoms with Crippen LogP contribution in [0.4, 0.5) is 0 Å². The summed E-state index contributed by atoms with van der Waals surface area (Å²) in [6, 6.07) is 7.77. The highest BCUT2D eigenvalue weighted by molar-refractivity contribution is 6.18. The number of benzene rings is 1. The van der Waals surface area contributed by atoms with Crippen molar-refractivity contribution in [1.29, 1.82) is 0 Å². The molecule has 1 aromatic rings. The first-order chi connectivity index (χ1) is 9.29. The van der Waals surface area contributed by atoms with Gasteiger partial charge in [0.15, 0.2) is 11.5 Å². The monoisotopic (exact) mass is 283 g/mol. The third kappa shape index (κ3) is 3.77. The van der Waals surface area contributed by atoms with Crippen LogP contribution >= 0.6 is 11.6 Å². The molecular weight excluding hydrogens is 262 g/mol. The Hall–Kier alpha value is -0.930. The quantitative estimate of drug-likeness (QED) is 0.587. The fourth-order valence-corrected chi connectivity index (χ4v) is 2.64. The Balaban J connectivity index is 1.76. The van der Waals surface area contributed by atoms with Gasteiger partial charge >= 0.3 is 0 Å². The minimum absolute atomic E-state index is 0.157. The maximum absolute atomic E-state index is 6.00. The number of para-hydroxylation sites is 2. The number of alkyl halides is 1. The smallest absolute Gasteiger partial charge is 0.161 e. The van der Waals surface area contributed by atoms with Gasteiger partial charge in [-0.25, -0.2) is 0 Å². The lowest BCUT2D eigenvalue weighted by molar-refractivity contribution is 0.193. The van der Waals surface area contributed by atoms with Gasteiger partial charge in [0.05, 0.1) is 6.61 Å². The van der Waals surface area contributed by atoms with Gasteiger partial charge in [-0.2, -0.15) is 0 Å². The van der Waals surface area contributed by atoms with Crippen LogP contribution in [0.25, 0.3) is 0 Å². The van der Waals surface area contributed by atoms with E-state index in [1.807, 2.05) is 31.2 Å². The molecule has 0 aliphatic heterocycles. The predicted octanol–water partition coefficient (Wildman–Crippen LogP) is 3.22. The van der Waals surface area contributed by atoms with Crippen molar-refractivity contribution >= 4 is 11.6 Å². The van der Waals surface area contributed by atoms with Crippen LogP contribution in [0.2, 0.25) is 0 Å². The van der Waals surface area contributed by atoms with Gasteiger partial charge in [0.25, 0.3) is 0 Å². The molecule has 0 amide bonds. The van der Waals surface area contributed by atoms with Crippen LogP contribution < -0.4 is 14.8 Å². The summed E-state index contributed by atoms with van der Waals surface area (Å²) >= 11 is 6.00. The Labute approximate surface area is 120 Å². The van der Waals surface area contributed by atoms with E-state index in [0.717, 1.165) is 18.0 Å². The van der Waals surface area contributed by atoms with E-state index in [2.05, 4.69) is 5.32 Å². The SMILES string of the molecule is CCOc1ccccc1OCCNC1(CCl)CCC1. The van der Waals surface area contributed by atoms with Crippen molar-refractivity contribution in [3.8, 4) is 11.5 Å². The molecule has 0 aromatic heterocycles. The standard InChI is InChI=1S/C15H22ClNO2/c1-2-18-13-6-3-4-7-14(13)19-11-10-17-15(12-16)8-5-9-15/h3-4,6-7,17H,2,5,8-12H2,1H3. The lowest BCUT2D eigenvalue weighted by Crippen LogP contribution is -2.53. The first kappa shape index (κ1) is 14.5. The molecular formula is C15H22ClNO2. The van der Waals surface area contributed by atoms with Gasteiger partial charge < -0.3 is 14.8 Å². The highest BCUT2D eigenvalue weighted by Gasteiger charge is 2.35. The van der Waals surface area contributed by atoms with Crippen molar-refractivity contribution in [2.75, 3.05) is 25.6 Å². The van der Waals surface area contributed by atoms with Crippen LogP contribution in [0.1, 0.15) is 26.2 Å². The van der Waals surface area contributed by atoms with E-state index < -0.39 is 0 Å². The lowest BCUT2D eigenvalue weighted by atomic mass is 9.78. The highest BCUT2D eigenvalue weighted by Crippen LogP contribution is 2.32. The van der Waals surface area contributed by atoms with E-state index in [1.165, 1.54) is 19.3 Å². The van der Waals surface area contributed by atoms with E-state index in [1.54, 1.807) is 0 Å². The first-order valence-corrected chi connectivity index (χ1v) is 7.49. The Kier molecular flexibility index (Phi) is 5.34. The van der Waals surface area contributed by atoms with Gasteiger partial charge in [-0.1, -0.05) is 12.1 Å². The fraction of sp³-hybridized carbons (Fsp3) is 0.600. The number of nitrogens with one attached hydrogen (secondary N) is 1. The van der Waals surface area contributed by atoms with Crippen LogP contribution in [-0.2, 0) is 0 Å². The first-order valence-electron chi connectivity index (χ1n) is 6.95. The number of hydrogen-bond acceptors (Lipinski definition) is 3. The molecule has 1 aliphatic carbocycles. The second-order valence-corrected chi connectivity index (χ2v) is 5.19. The number of ether oxygens (including phenoxy) is 2. The molecule has 2 rings (SSSR count). The summed E-state index contributed by atoms with van der Waals surface area (Å²) in [5, 5.41) is 3.51. The van der Waals surface area contributed by atoms with Crippen molar-refractivity contribution in [3.05, 3.63) is 24.3 Å². The summed E-state index contributed by atoms with van der Waals surface area (Å²) in [5.74, 6) is 2.29. The van der Waals surface area contributed by atoms with Gasteiger partial charge in [-0.05, 0) is 38.3 Å². The highest BCUT2D eigenvalue weighted by atomic mass is 35.5. The minimum atomic E-state index is 0.157. The summed E-state index contributed by atoms with van der Waals surface area (Å²) in [7, 11) is 0. The second kappa shape index (κ2) is 7.01. The second-order valence-electron chi connectivity index (χ2n) is 4.92. The molecule has 4 heteroatoms. The van der Waals surface area contributed by atoms with Crippen molar-refractivity contribution in [1.82, 2.24) is 5.32 Å². The van der Waals surface area contributed by atoms with Gasteiger partial charge in [0.1, 0.15) is 6.61 Å². The zero-order valence-corrected chi connectivity index (χ0v) is 12.2. The van der Waals surface area contributed by atoms with Crippen molar-refractivity contribution < 1.29 is 9.47 Å². The fourth-order valence-electron chi connectivity index (χ4n) is 2.28. The van der Waals surface area contributed by atoms with Crippen LogP contribution in [0.3, 0.4) is 0 Å². The molecule has 3 nitrogen and oxygen atoms in total. The summed E-state index contributed by atoms with van der Waals surface area (Å²) in [5.41, 5.74) is 0.157. The van der Waals surface area contributed by atoms with E-state index in [4.69, 9.17) is 21.1 Å². The van der Waals surface area contributed by atoms with Gasteiger partial charge in [-0.3, -0.25) is 0 Å². The Morgan fingerprint density at radius 3 is 2.42 bits per heavy atom. The normalized spacial score (nSPS) is 16.7. The van der Waals surface area contributed by atoms with Crippen LogP contribution in [0.5, 0.6) is 11.5 Å². The maximum Gasteiger partial charge on any atom is 0.161 e. The molecule has 1 N–H and O–H groups in total. The molecule has 0 bridgehead atoms. The Bertz CT molecular complexity index is 388. The predicted molar refractivity (Wildman–Crippen MR) is 78.4 cm³/mol. The number of rotatable bonds is 8. The Morgan fingerprint density at radius 1 is 1.21 bits per heavy atom. The summed E-state index contributed by atoms with van der Waals surface area (Å²) < 4.78 is 11.3. The summed E-state index contributed by atoms with van der Waals surface area (Å²) in [4.78, 5) is 0. The van der Waals surface area contributed by atoms with Crippen molar-refractivity contribution in [2.24, 2.45) is 0 Å². The van der Waals surface area contributed by atoms with Crippen LogP contribution in [0.15, 0.2) is 24.3 Å². The zero-order chi connectivity index (χ0) is 13.6. The molecule has 106 valence electrons. The Morgan fingerprint density at radius 2 is 1.89 bits per heavy atom. The molecule has 1 aliphatic rings. The third-order valence-corrected chi connectivity index (χ3v) is 4.09. The zero-order valence-electron chi connectivity index (χ0n) is 11.5. The van der Waals surface area contributed by atoms with Crippen molar-refractivity contribution in [2.45, 2.75) is 31.7 Å². The summed E-state index contributed by atoms with van der Waals surface area (Å²) in [6.07, 6.45) is 3.62. The largest absolute Gasteiger partial charge is 0.490 e. The van der Waals surface area contributed by atoms with Gasteiger partial charge in [0.2, 0.25) is 0 Å². The number of halogens is 1. The minimum Gasteiger partial charge on any atom is -0.490 e. The lowest BCUT2D eigenvalue weighted by Gasteiger charge is -2.41. The summed E-state index contributed by atoms with van der Waals surface area (Å²) in [6.45, 7) is 4.06. The molecule has 0 atom stereocenters. The molecule has 19 heavy (non-hydrogen) atoms. The van der Waals surface area contributed by atoms with E-state index in [0.29, 0.717) is 19.1 Å². The molecule has 1 fully saturated rings. The van der Waals surface area contributed by atoms with Gasteiger partial charge in [-0.15, -0.1) is 11.6 Å². The molecule has 0 heterocycles. The number of hydrogen-bond donors (Lipinski definition) is 1. The third-order valence-electron chi connectivity index (χ3n) is 3.58. The molecule has 1 saturated carbocycles. The van der Waals surface area contributed by atoms with Crippen molar-refractivity contribution in [3.63, 3.8) is 0 Å². The molecule has 1 aromatic carbocycles. The van der Waals surface area contributed by atoms with Gasteiger partial charge in [0, 0.05) is 18.0 Å². The molecule has 0 radical (unpaired) electrons. The molecule has 0 unspecified atom stereocenters. The topological polar surface area (TPSA) is 30.5 Å². The van der Waals surface area contributed by atoms with E-state index >= 15 is 0 Å². The van der Waals surface area contributed by atoms with E-state index in [-0.39, 0.29) is 5.54 Å².